The van der Waals surface area contributed by atoms with Crippen molar-refractivity contribution in [3.8, 4) is 23.0 Å². The lowest BCUT2D eigenvalue weighted by molar-refractivity contribution is -0.122. The number of nitrogens with zero attached hydrogens (tertiary/aromatic N) is 1. The van der Waals surface area contributed by atoms with E-state index in [2.05, 4.69) is 0 Å². The van der Waals surface area contributed by atoms with Crippen LogP contribution < -0.4 is 14.2 Å². The molecule has 3 aromatic carbocycles. The monoisotopic (exact) mass is 521 g/mol. The van der Waals surface area contributed by atoms with Gasteiger partial charge in [0.1, 0.15) is 29.3 Å². The molecule has 0 spiro atoms. The number of carbonyl (C=O) groups is 2. The number of hydrogen-bond donors (Lipinski definition) is 1. The number of aldehydes is 1. The molecule has 1 N–H and O–H groups in total. The van der Waals surface area contributed by atoms with Gasteiger partial charge in [-0.1, -0.05) is 38.1 Å². The molecule has 204 valence electrons. The number of amides is 1. The first-order chi connectivity index (χ1) is 18.4. The van der Waals surface area contributed by atoms with Gasteiger partial charge >= 0.3 is 0 Å². The fourth-order valence-electron chi connectivity index (χ4n) is 3.38. The van der Waals surface area contributed by atoms with Crippen LogP contribution in [0.2, 0.25) is 0 Å². The third-order valence-electron chi connectivity index (χ3n) is 5.20. The molecule has 38 heavy (non-hydrogen) atoms. The van der Waals surface area contributed by atoms with Gasteiger partial charge in [-0.15, -0.1) is 0 Å². The SMILES string of the molecule is CC.CO.COc1cc(/C=C(/C(=O)N(C)C)c2ccc(Oc3ccc(CCC=O)cc3)cc2)cc(OC)c1. The molecule has 1 amide bonds. The summed E-state index contributed by atoms with van der Waals surface area (Å²) in [5.74, 6) is 2.52. The normalized spacial score (nSPS) is 10.2. The minimum Gasteiger partial charge on any atom is -0.497 e. The summed E-state index contributed by atoms with van der Waals surface area (Å²) in [5, 5.41) is 7.00. The Labute approximate surface area is 226 Å². The number of rotatable bonds is 10. The highest BCUT2D eigenvalue weighted by atomic mass is 16.5. The second kappa shape index (κ2) is 17.4. The number of aliphatic hydroxyl groups is 1. The Morgan fingerprint density at radius 1 is 0.816 bits per heavy atom. The molecule has 0 aromatic heterocycles. The molecule has 3 aromatic rings. The van der Waals surface area contributed by atoms with Crippen molar-refractivity contribution in [1.82, 2.24) is 4.90 Å². The first kappa shape index (κ1) is 31.9. The molecule has 0 saturated carbocycles. The maximum atomic E-state index is 13.0. The maximum Gasteiger partial charge on any atom is 0.253 e. The van der Waals surface area contributed by atoms with Crippen LogP contribution in [0.3, 0.4) is 0 Å². The van der Waals surface area contributed by atoms with Crippen molar-refractivity contribution in [2.24, 2.45) is 0 Å². The van der Waals surface area contributed by atoms with Gasteiger partial charge in [0.25, 0.3) is 5.91 Å². The number of benzene rings is 3. The summed E-state index contributed by atoms with van der Waals surface area (Å²) in [6.07, 6.45) is 3.96. The molecule has 7 heteroatoms. The quantitative estimate of drug-likeness (QED) is 0.203. The van der Waals surface area contributed by atoms with Crippen LogP contribution in [0.5, 0.6) is 23.0 Å². The second-order valence-electron chi connectivity index (χ2n) is 7.88. The molecular formula is C31H39NO6. The summed E-state index contributed by atoms with van der Waals surface area (Å²) < 4.78 is 16.7. The summed E-state index contributed by atoms with van der Waals surface area (Å²) >= 11 is 0. The Kier molecular flexibility index (Phi) is 14.6. The molecule has 0 saturated heterocycles. The number of aryl methyl sites for hydroxylation is 1. The largest absolute Gasteiger partial charge is 0.497 e. The van der Waals surface area contributed by atoms with Gasteiger partial charge in [0.15, 0.2) is 0 Å². The van der Waals surface area contributed by atoms with E-state index in [0.717, 1.165) is 30.1 Å². The van der Waals surface area contributed by atoms with Gasteiger partial charge in [-0.25, -0.2) is 0 Å². The Hall–Kier alpha value is -4.10. The van der Waals surface area contributed by atoms with Crippen molar-refractivity contribution in [1.29, 1.82) is 0 Å². The average molecular weight is 522 g/mol. The zero-order valence-corrected chi connectivity index (χ0v) is 23.4. The zero-order chi connectivity index (χ0) is 28.5. The molecule has 0 unspecified atom stereocenters. The standard InChI is InChI=1S/C28H29NO5.C2H6.CH4O/c1-29(2)28(31)27(18-21-16-25(32-3)19-26(17-21)33-4)22-9-13-24(14-10-22)34-23-11-7-20(8-12-23)6-5-15-30;2*1-2/h7-19H,5-6H2,1-4H3;1-2H3;2H,1H3/b27-18+;;. The number of ether oxygens (including phenoxy) is 3. The van der Waals surface area contributed by atoms with Crippen LogP contribution >= 0.6 is 0 Å². The highest BCUT2D eigenvalue weighted by molar-refractivity contribution is 6.24. The van der Waals surface area contributed by atoms with Gasteiger partial charge in [0, 0.05) is 39.3 Å². The average Bonchev–Trinajstić information content (AvgIpc) is 2.97. The molecule has 0 aliphatic heterocycles. The first-order valence-corrected chi connectivity index (χ1v) is 12.4. The molecule has 0 atom stereocenters. The van der Waals surface area contributed by atoms with Gasteiger partial charge in [-0.3, -0.25) is 4.79 Å². The van der Waals surface area contributed by atoms with Crippen LogP contribution in [0, 0.1) is 0 Å². The first-order valence-electron chi connectivity index (χ1n) is 12.4. The summed E-state index contributed by atoms with van der Waals surface area (Å²) in [4.78, 5) is 25.1. The van der Waals surface area contributed by atoms with E-state index in [1.165, 1.54) is 0 Å². The summed E-state index contributed by atoms with van der Waals surface area (Å²) in [5.41, 5.74) is 3.17. The third kappa shape index (κ3) is 9.75. The third-order valence-corrected chi connectivity index (χ3v) is 5.20. The molecule has 0 fully saturated rings. The summed E-state index contributed by atoms with van der Waals surface area (Å²) in [6, 6.07) is 20.5. The van der Waals surface area contributed by atoms with Gasteiger partial charge in [-0.05, 0) is 65.6 Å². The van der Waals surface area contributed by atoms with E-state index < -0.39 is 0 Å². The number of hydrogen-bond acceptors (Lipinski definition) is 6. The lowest BCUT2D eigenvalue weighted by Crippen LogP contribution is -2.22. The Bertz CT molecular complexity index is 1130. The molecule has 3 rings (SSSR count). The second-order valence-corrected chi connectivity index (χ2v) is 7.88. The minimum absolute atomic E-state index is 0.124. The van der Waals surface area contributed by atoms with Crippen molar-refractivity contribution in [3.63, 3.8) is 0 Å². The van der Waals surface area contributed by atoms with Crippen LogP contribution in [0.25, 0.3) is 11.6 Å². The summed E-state index contributed by atoms with van der Waals surface area (Å²) in [7, 11) is 7.62. The maximum absolute atomic E-state index is 13.0. The van der Waals surface area contributed by atoms with E-state index >= 15 is 0 Å². The van der Waals surface area contributed by atoms with Crippen molar-refractivity contribution < 1.29 is 28.9 Å². The zero-order valence-electron chi connectivity index (χ0n) is 23.4. The van der Waals surface area contributed by atoms with Gasteiger partial charge in [0.05, 0.1) is 14.2 Å². The van der Waals surface area contributed by atoms with Crippen LogP contribution in [0.4, 0.5) is 0 Å². The van der Waals surface area contributed by atoms with Gasteiger partial charge in [-0.2, -0.15) is 0 Å². The van der Waals surface area contributed by atoms with E-state index in [1.54, 1.807) is 39.3 Å². The Balaban J connectivity index is 0.00000172. The highest BCUT2D eigenvalue weighted by Crippen LogP contribution is 2.29. The topological polar surface area (TPSA) is 85.3 Å². The molecule has 0 aliphatic carbocycles. The van der Waals surface area contributed by atoms with E-state index in [-0.39, 0.29) is 5.91 Å². The van der Waals surface area contributed by atoms with Crippen LogP contribution in [0.1, 0.15) is 37.0 Å². The van der Waals surface area contributed by atoms with Crippen LogP contribution in [-0.4, -0.2) is 57.6 Å². The number of carbonyl (C=O) groups excluding carboxylic acids is 2. The minimum atomic E-state index is -0.124. The lowest BCUT2D eigenvalue weighted by atomic mass is 10.0. The predicted molar refractivity (Wildman–Crippen MR) is 153 cm³/mol. The molecule has 0 radical (unpaired) electrons. The van der Waals surface area contributed by atoms with E-state index in [4.69, 9.17) is 19.3 Å². The fraction of sp³-hybridized carbons (Fsp3) is 0.290. The van der Waals surface area contributed by atoms with E-state index in [0.29, 0.717) is 41.4 Å². The van der Waals surface area contributed by atoms with Crippen molar-refractivity contribution in [3.05, 3.63) is 83.4 Å². The number of aliphatic hydroxyl groups excluding tert-OH is 1. The van der Waals surface area contributed by atoms with Crippen molar-refractivity contribution in [2.45, 2.75) is 26.7 Å². The molecule has 7 nitrogen and oxygen atoms in total. The van der Waals surface area contributed by atoms with Gasteiger partial charge in [0.2, 0.25) is 0 Å². The number of methoxy groups -OCH3 is 2. The van der Waals surface area contributed by atoms with Crippen molar-refractivity contribution in [2.75, 3.05) is 35.4 Å². The Morgan fingerprint density at radius 3 is 1.76 bits per heavy atom. The van der Waals surface area contributed by atoms with E-state index in [9.17, 15) is 9.59 Å². The molecule has 0 heterocycles. The van der Waals surface area contributed by atoms with Crippen LogP contribution in [-0.2, 0) is 16.0 Å². The van der Waals surface area contributed by atoms with Gasteiger partial charge < -0.3 is 29.0 Å². The Morgan fingerprint density at radius 2 is 1.32 bits per heavy atom. The molecular weight excluding hydrogens is 482 g/mol. The fourth-order valence-corrected chi connectivity index (χ4v) is 3.38. The molecule has 0 aliphatic rings. The van der Waals surface area contributed by atoms with E-state index in [1.807, 2.05) is 80.6 Å². The lowest BCUT2D eigenvalue weighted by Gasteiger charge is -2.15. The smallest absolute Gasteiger partial charge is 0.253 e. The predicted octanol–water partition coefficient (Wildman–Crippen LogP) is 5.89. The molecule has 0 bridgehead atoms. The van der Waals surface area contributed by atoms with Crippen LogP contribution in [0.15, 0.2) is 66.7 Å². The van der Waals surface area contributed by atoms with Crippen molar-refractivity contribution >= 4 is 23.8 Å². The highest BCUT2D eigenvalue weighted by Gasteiger charge is 2.15. The summed E-state index contributed by atoms with van der Waals surface area (Å²) in [6.45, 7) is 4.00. The number of likely N-dealkylation sites (N-methyl/N-ethyl adjacent to an activating group) is 1.